The molecular weight excluding hydrogens is 261 g/mol. The third-order valence-electron chi connectivity index (χ3n) is 2.16. The van der Waals surface area contributed by atoms with Gasteiger partial charge < -0.3 is 0 Å². The molecule has 0 saturated heterocycles. The highest BCUT2D eigenvalue weighted by Crippen LogP contribution is 2.29. The number of hydrogen-bond acceptors (Lipinski definition) is 3. The molecule has 1 heterocycles. The average Bonchev–Trinajstić information content (AvgIpc) is 2.82. The zero-order valence-corrected chi connectivity index (χ0v) is 9.92. The Balaban J connectivity index is 1.99. The molecule has 1 aromatic carbocycles. The first-order valence-corrected chi connectivity index (χ1v) is 5.98. The van der Waals surface area contributed by atoms with Gasteiger partial charge in [0.15, 0.2) is 0 Å². The number of hydrazone groups is 1. The summed E-state index contributed by atoms with van der Waals surface area (Å²) in [5.41, 5.74) is 3.45. The summed E-state index contributed by atoms with van der Waals surface area (Å²) in [6.45, 7) is 0. The van der Waals surface area contributed by atoms with Gasteiger partial charge in [-0.3, -0.25) is 5.43 Å². The second-order valence-electron chi connectivity index (χ2n) is 3.50. The number of alkyl halides is 3. The first kappa shape index (κ1) is 12.6. The van der Waals surface area contributed by atoms with Gasteiger partial charge in [0.2, 0.25) is 0 Å². The van der Waals surface area contributed by atoms with Gasteiger partial charge in [-0.15, -0.1) is 0 Å². The molecule has 2 nitrogen and oxygen atoms in total. The molecule has 0 fully saturated rings. The normalized spacial score (nSPS) is 11.9. The van der Waals surface area contributed by atoms with Crippen LogP contribution in [0.4, 0.5) is 18.9 Å². The third kappa shape index (κ3) is 3.33. The van der Waals surface area contributed by atoms with Crippen LogP contribution in [0.2, 0.25) is 0 Å². The molecule has 0 atom stereocenters. The summed E-state index contributed by atoms with van der Waals surface area (Å²) in [7, 11) is 0. The van der Waals surface area contributed by atoms with Crippen LogP contribution in [-0.2, 0) is 6.18 Å². The van der Waals surface area contributed by atoms with Crippen molar-refractivity contribution in [3.8, 4) is 0 Å². The molecule has 1 aromatic heterocycles. The van der Waals surface area contributed by atoms with Gasteiger partial charge in [-0.25, -0.2) is 0 Å². The number of nitrogens with one attached hydrogen (secondary N) is 1. The Hall–Kier alpha value is -1.82. The Bertz CT molecular complexity index is 515. The highest BCUT2D eigenvalue weighted by Gasteiger charge is 2.29. The standard InChI is InChI=1S/C12H9F3N2S/c13-12(14,15)10-1-3-11(4-2-10)17-16-7-9-5-6-18-8-9/h1-8,17H/b16-7+. The monoisotopic (exact) mass is 270 g/mol. The Morgan fingerprint density at radius 1 is 1.11 bits per heavy atom. The highest BCUT2D eigenvalue weighted by atomic mass is 32.1. The number of anilines is 1. The van der Waals surface area contributed by atoms with Crippen LogP contribution in [0.5, 0.6) is 0 Å². The van der Waals surface area contributed by atoms with E-state index in [9.17, 15) is 13.2 Å². The summed E-state index contributed by atoms with van der Waals surface area (Å²) in [5.74, 6) is 0. The molecule has 0 bridgehead atoms. The maximum absolute atomic E-state index is 12.3. The Morgan fingerprint density at radius 3 is 2.39 bits per heavy atom. The molecule has 0 radical (unpaired) electrons. The molecular formula is C12H9F3N2S. The van der Waals surface area contributed by atoms with E-state index in [1.807, 2.05) is 16.8 Å². The fourth-order valence-electron chi connectivity index (χ4n) is 1.26. The maximum atomic E-state index is 12.3. The van der Waals surface area contributed by atoms with Crippen molar-refractivity contribution in [1.82, 2.24) is 0 Å². The number of hydrogen-bond donors (Lipinski definition) is 1. The minimum atomic E-state index is -4.31. The lowest BCUT2D eigenvalue weighted by Crippen LogP contribution is -2.04. The molecule has 0 unspecified atom stereocenters. The van der Waals surface area contributed by atoms with E-state index in [1.54, 1.807) is 17.6 Å². The van der Waals surface area contributed by atoms with Crippen LogP contribution in [-0.4, -0.2) is 6.21 Å². The number of nitrogens with zero attached hydrogens (tertiary/aromatic N) is 1. The zero-order valence-electron chi connectivity index (χ0n) is 9.11. The van der Waals surface area contributed by atoms with Crippen molar-refractivity contribution in [2.24, 2.45) is 5.10 Å². The van der Waals surface area contributed by atoms with E-state index >= 15 is 0 Å². The predicted octanol–water partition coefficient (Wildman–Crippen LogP) is 4.21. The van der Waals surface area contributed by atoms with Crippen LogP contribution in [0, 0.1) is 0 Å². The molecule has 0 aliphatic rings. The molecule has 0 spiro atoms. The first-order valence-electron chi connectivity index (χ1n) is 5.04. The van der Waals surface area contributed by atoms with E-state index < -0.39 is 11.7 Å². The van der Waals surface area contributed by atoms with Gasteiger partial charge in [0.05, 0.1) is 17.5 Å². The van der Waals surface area contributed by atoms with E-state index in [1.165, 1.54) is 12.1 Å². The van der Waals surface area contributed by atoms with Crippen molar-refractivity contribution in [3.05, 3.63) is 52.2 Å². The molecule has 0 amide bonds. The van der Waals surface area contributed by atoms with Crippen molar-refractivity contribution in [2.75, 3.05) is 5.43 Å². The van der Waals surface area contributed by atoms with E-state index in [2.05, 4.69) is 10.5 Å². The fourth-order valence-corrected chi connectivity index (χ4v) is 1.87. The minimum Gasteiger partial charge on any atom is -0.279 e. The van der Waals surface area contributed by atoms with Crippen LogP contribution >= 0.6 is 11.3 Å². The van der Waals surface area contributed by atoms with Crippen molar-refractivity contribution in [1.29, 1.82) is 0 Å². The second kappa shape index (κ2) is 5.22. The van der Waals surface area contributed by atoms with Crippen LogP contribution in [0.3, 0.4) is 0 Å². The molecule has 0 saturated carbocycles. The highest BCUT2D eigenvalue weighted by molar-refractivity contribution is 7.08. The average molecular weight is 270 g/mol. The third-order valence-corrected chi connectivity index (χ3v) is 2.86. The van der Waals surface area contributed by atoms with Crippen LogP contribution in [0.25, 0.3) is 0 Å². The van der Waals surface area contributed by atoms with E-state index in [0.29, 0.717) is 5.69 Å². The summed E-state index contributed by atoms with van der Waals surface area (Å²) in [6, 6.07) is 6.61. The lowest BCUT2D eigenvalue weighted by Gasteiger charge is -2.06. The smallest absolute Gasteiger partial charge is 0.279 e. The van der Waals surface area contributed by atoms with E-state index in [0.717, 1.165) is 17.7 Å². The Labute approximate surface area is 106 Å². The summed E-state index contributed by atoms with van der Waals surface area (Å²) < 4.78 is 36.9. The molecule has 2 rings (SSSR count). The Kier molecular flexibility index (Phi) is 3.66. The van der Waals surface area contributed by atoms with Gasteiger partial charge in [-0.05, 0) is 41.1 Å². The summed E-state index contributed by atoms with van der Waals surface area (Å²) in [4.78, 5) is 0. The molecule has 18 heavy (non-hydrogen) atoms. The molecule has 6 heteroatoms. The lowest BCUT2D eigenvalue weighted by atomic mass is 10.2. The van der Waals surface area contributed by atoms with Gasteiger partial charge in [-0.2, -0.15) is 29.6 Å². The maximum Gasteiger partial charge on any atom is 0.416 e. The van der Waals surface area contributed by atoms with Crippen molar-refractivity contribution in [3.63, 3.8) is 0 Å². The molecule has 2 aromatic rings. The van der Waals surface area contributed by atoms with Crippen molar-refractivity contribution in [2.45, 2.75) is 6.18 Å². The zero-order chi connectivity index (χ0) is 13.0. The van der Waals surface area contributed by atoms with Gasteiger partial charge in [0.25, 0.3) is 0 Å². The molecule has 1 N–H and O–H groups in total. The van der Waals surface area contributed by atoms with Crippen molar-refractivity contribution >= 4 is 23.2 Å². The fraction of sp³-hybridized carbons (Fsp3) is 0.0833. The number of halogens is 3. The quantitative estimate of drug-likeness (QED) is 0.655. The Morgan fingerprint density at radius 2 is 1.83 bits per heavy atom. The van der Waals surface area contributed by atoms with Gasteiger partial charge >= 0.3 is 6.18 Å². The molecule has 0 aliphatic carbocycles. The molecule has 94 valence electrons. The van der Waals surface area contributed by atoms with Gasteiger partial charge in [0, 0.05) is 5.56 Å². The second-order valence-corrected chi connectivity index (χ2v) is 4.28. The largest absolute Gasteiger partial charge is 0.416 e. The summed E-state index contributed by atoms with van der Waals surface area (Å²) in [5, 5.41) is 7.76. The van der Waals surface area contributed by atoms with Crippen molar-refractivity contribution < 1.29 is 13.2 Å². The van der Waals surface area contributed by atoms with Crippen LogP contribution in [0.15, 0.2) is 46.2 Å². The van der Waals surface area contributed by atoms with E-state index in [4.69, 9.17) is 0 Å². The van der Waals surface area contributed by atoms with E-state index in [-0.39, 0.29) is 0 Å². The topological polar surface area (TPSA) is 24.4 Å². The summed E-state index contributed by atoms with van der Waals surface area (Å²) in [6.07, 6.45) is -2.70. The SMILES string of the molecule is FC(F)(F)c1ccc(N/N=C/c2ccsc2)cc1. The number of benzene rings is 1. The number of rotatable bonds is 3. The van der Waals surface area contributed by atoms with Gasteiger partial charge in [0.1, 0.15) is 0 Å². The van der Waals surface area contributed by atoms with Crippen LogP contribution < -0.4 is 5.43 Å². The van der Waals surface area contributed by atoms with Crippen LogP contribution in [0.1, 0.15) is 11.1 Å². The molecule has 0 aliphatic heterocycles. The van der Waals surface area contributed by atoms with Gasteiger partial charge in [-0.1, -0.05) is 0 Å². The number of thiophene rings is 1. The predicted molar refractivity (Wildman–Crippen MR) is 67.0 cm³/mol. The first-order chi connectivity index (χ1) is 8.55. The minimum absolute atomic E-state index is 0.509. The summed E-state index contributed by atoms with van der Waals surface area (Å²) >= 11 is 1.55. The lowest BCUT2D eigenvalue weighted by molar-refractivity contribution is -0.137.